The van der Waals surface area contributed by atoms with Crippen molar-refractivity contribution in [1.29, 1.82) is 0 Å². The molecule has 1 aliphatic rings. The predicted molar refractivity (Wildman–Crippen MR) is 120 cm³/mol. The maximum Gasteiger partial charge on any atom is 0.337 e. The summed E-state index contributed by atoms with van der Waals surface area (Å²) in [5.74, 6) is -1.26. The number of halogens is 2. The number of hydrogen-bond acceptors (Lipinski definition) is 6. The molecule has 32 heavy (non-hydrogen) atoms. The highest BCUT2D eigenvalue weighted by Crippen LogP contribution is 2.19. The summed E-state index contributed by atoms with van der Waals surface area (Å²) >= 11 is 5.86. The number of morpholine rings is 1. The van der Waals surface area contributed by atoms with Gasteiger partial charge >= 0.3 is 5.97 Å². The van der Waals surface area contributed by atoms with E-state index in [0.717, 1.165) is 13.1 Å². The van der Waals surface area contributed by atoms with Gasteiger partial charge < -0.3 is 14.8 Å². The Morgan fingerprint density at radius 3 is 2.50 bits per heavy atom. The fourth-order valence-corrected chi connectivity index (χ4v) is 3.18. The van der Waals surface area contributed by atoms with Gasteiger partial charge in [-0.25, -0.2) is 9.18 Å². The number of guanidine groups is 1. The Hall–Kier alpha value is -3.01. The zero-order valence-corrected chi connectivity index (χ0v) is 18.3. The predicted octanol–water partition coefficient (Wildman–Crippen LogP) is 2.80. The average Bonchev–Trinajstić information content (AvgIpc) is 2.81. The third kappa shape index (κ3) is 6.74. The number of esters is 1. The van der Waals surface area contributed by atoms with Crippen LogP contribution in [0.4, 0.5) is 10.1 Å². The molecule has 2 aromatic rings. The number of anilines is 1. The SMILES string of the molecule is COC(=O)c1ccc(C(=O)NC(=NCCN2CCOCC2)Nc2ccc(F)c(Cl)c2)cc1. The van der Waals surface area contributed by atoms with E-state index in [1.54, 1.807) is 0 Å². The molecule has 170 valence electrons. The molecule has 0 bridgehead atoms. The zero-order chi connectivity index (χ0) is 22.9. The van der Waals surface area contributed by atoms with Crippen LogP contribution in [0.2, 0.25) is 5.02 Å². The minimum absolute atomic E-state index is 0.0487. The van der Waals surface area contributed by atoms with E-state index >= 15 is 0 Å². The van der Waals surface area contributed by atoms with Gasteiger partial charge in [0.15, 0.2) is 0 Å². The quantitative estimate of drug-likeness (QED) is 0.389. The van der Waals surface area contributed by atoms with E-state index in [4.69, 9.17) is 16.3 Å². The number of aliphatic imine (C=N–C) groups is 1. The van der Waals surface area contributed by atoms with E-state index in [2.05, 4.69) is 25.3 Å². The normalized spacial score (nSPS) is 14.7. The van der Waals surface area contributed by atoms with Gasteiger partial charge in [-0.05, 0) is 42.5 Å². The van der Waals surface area contributed by atoms with Crippen molar-refractivity contribution in [1.82, 2.24) is 10.2 Å². The second kappa shape index (κ2) is 11.6. The third-order valence-corrected chi connectivity index (χ3v) is 5.06. The van der Waals surface area contributed by atoms with Crippen LogP contribution < -0.4 is 10.6 Å². The van der Waals surface area contributed by atoms with E-state index < -0.39 is 17.7 Å². The number of ether oxygens (including phenoxy) is 2. The van der Waals surface area contributed by atoms with Crippen LogP contribution in [0.25, 0.3) is 0 Å². The van der Waals surface area contributed by atoms with Gasteiger partial charge in [-0.3, -0.25) is 20.0 Å². The highest BCUT2D eigenvalue weighted by atomic mass is 35.5. The first kappa shape index (κ1) is 23.6. The Kier molecular flexibility index (Phi) is 8.55. The van der Waals surface area contributed by atoms with Crippen molar-refractivity contribution in [3.05, 3.63) is 64.4 Å². The van der Waals surface area contributed by atoms with Gasteiger partial charge in [0.25, 0.3) is 5.91 Å². The van der Waals surface area contributed by atoms with E-state index in [-0.39, 0.29) is 11.0 Å². The van der Waals surface area contributed by atoms with E-state index in [1.165, 1.54) is 49.6 Å². The first-order valence-electron chi connectivity index (χ1n) is 10.0. The van der Waals surface area contributed by atoms with E-state index in [9.17, 15) is 14.0 Å². The molecule has 0 spiro atoms. The Morgan fingerprint density at radius 1 is 1.16 bits per heavy atom. The number of benzene rings is 2. The van der Waals surface area contributed by atoms with Crippen LogP contribution in [0.3, 0.4) is 0 Å². The first-order chi connectivity index (χ1) is 15.5. The molecular formula is C22H24ClFN4O4. The van der Waals surface area contributed by atoms with Gasteiger partial charge in [-0.15, -0.1) is 0 Å². The lowest BCUT2D eigenvalue weighted by atomic mass is 10.1. The van der Waals surface area contributed by atoms with Crippen LogP contribution >= 0.6 is 11.6 Å². The fraction of sp³-hybridized carbons (Fsp3) is 0.318. The maximum absolute atomic E-state index is 13.5. The van der Waals surface area contributed by atoms with Crippen LogP contribution in [0.1, 0.15) is 20.7 Å². The van der Waals surface area contributed by atoms with E-state index in [1.807, 2.05) is 0 Å². The van der Waals surface area contributed by atoms with Gasteiger partial charge in [-0.2, -0.15) is 0 Å². The first-order valence-corrected chi connectivity index (χ1v) is 10.4. The minimum Gasteiger partial charge on any atom is -0.465 e. The summed E-state index contributed by atoms with van der Waals surface area (Å²) in [7, 11) is 1.29. The van der Waals surface area contributed by atoms with Crippen molar-refractivity contribution < 1.29 is 23.5 Å². The van der Waals surface area contributed by atoms with Crippen molar-refractivity contribution in [2.45, 2.75) is 0 Å². The Bertz CT molecular complexity index is 978. The van der Waals surface area contributed by atoms with Gasteiger partial charge in [0.05, 0.1) is 37.5 Å². The molecule has 1 fully saturated rings. The monoisotopic (exact) mass is 462 g/mol. The molecule has 0 aromatic heterocycles. The molecule has 10 heteroatoms. The number of rotatable bonds is 6. The van der Waals surface area contributed by atoms with Crippen LogP contribution in [0.15, 0.2) is 47.5 Å². The van der Waals surface area contributed by atoms with Crippen molar-refractivity contribution in [3.63, 3.8) is 0 Å². The number of amides is 1. The summed E-state index contributed by atoms with van der Waals surface area (Å²) in [6, 6.07) is 10.2. The van der Waals surface area contributed by atoms with Crippen LogP contribution in [-0.4, -0.2) is 69.2 Å². The highest BCUT2D eigenvalue weighted by Gasteiger charge is 2.13. The highest BCUT2D eigenvalue weighted by molar-refractivity contribution is 6.31. The molecule has 1 saturated heterocycles. The average molecular weight is 463 g/mol. The number of nitrogens with zero attached hydrogens (tertiary/aromatic N) is 2. The Balaban J connectivity index is 1.71. The second-order valence-electron chi connectivity index (χ2n) is 6.96. The van der Waals surface area contributed by atoms with Crippen molar-refractivity contribution >= 4 is 35.1 Å². The number of carbonyl (C=O) groups is 2. The lowest BCUT2D eigenvalue weighted by molar-refractivity contribution is 0.0394. The molecule has 2 aromatic carbocycles. The van der Waals surface area contributed by atoms with Crippen LogP contribution in [-0.2, 0) is 9.47 Å². The van der Waals surface area contributed by atoms with Gasteiger partial charge in [0.2, 0.25) is 5.96 Å². The van der Waals surface area contributed by atoms with Crippen molar-refractivity contribution in [2.24, 2.45) is 4.99 Å². The third-order valence-electron chi connectivity index (χ3n) is 4.77. The molecule has 0 radical (unpaired) electrons. The summed E-state index contributed by atoms with van der Waals surface area (Å²) in [4.78, 5) is 31.0. The Morgan fingerprint density at radius 2 is 1.84 bits per heavy atom. The standard InChI is InChI=1S/C22H24ClFN4O4/c1-31-21(30)16-4-2-15(3-5-16)20(29)27-22(25-8-9-28-10-12-32-13-11-28)26-17-6-7-19(24)18(23)14-17/h2-7,14H,8-13H2,1H3,(H2,25,26,27,29). The molecule has 0 aliphatic carbocycles. The second-order valence-corrected chi connectivity index (χ2v) is 7.37. The van der Waals surface area contributed by atoms with Crippen LogP contribution in [0, 0.1) is 5.82 Å². The molecule has 2 N–H and O–H groups in total. The largest absolute Gasteiger partial charge is 0.465 e. The topological polar surface area (TPSA) is 92.3 Å². The van der Waals surface area contributed by atoms with E-state index in [0.29, 0.717) is 43.1 Å². The van der Waals surface area contributed by atoms with Crippen molar-refractivity contribution in [3.8, 4) is 0 Å². The van der Waals surface area contributed by atoms with Gasteiger partial charge in [-0.1, -0.05) is 11.6 Å². The van der Waals surface area contributed by atoms with Crippen molar-refractivity contribution in [2.75, 3.05) is 51.8 Å². The summed E-state index contributed by atoms with van der Waals surface area (Å²) in [5.41, 5.74) is 1.14. The molecule has 8 nitrogen and oxygen atoms in total. The minimum atomic E-state index is -0.544. The molecule has 1 heterocycles. The molecule has 3 rings (SSSR count). The molecule has 0 unspecified atom stereocenters. The molecule has 1 aliphatic heterocycles. The summed E-state index contributed by atoms with van der Waals surface area (Å²) in [6.07, 6.45) is 0. The number of hydrogen-bond donors (Lipinski definition) is 2. The molecule has 1 amide bonds. The maximum atomic E-state index is 13.5. The molecule has 0 saturated carbocycles. The number of nitrogens with one attached hydrogen (secondary N) is 2. The van der Waals surface area contributed by atoms with Gasteiger partial charge in [0, 0.05) is 30.9 Å². The molecular weight excluding hydrogens is 439 g/mol. The lowest BCUT2D eigenvalue weighted by Crippen LogP contribution is -2.39. The lowest BCUT2D eigenvalue weighted by Gasteiger charge is -2.25. The van der Waals surface area contributed by atoms with Gasteiger partial charge in [0.1, 0.15) is 5.82 Å². The zero-order valence-electron chi connectivity index (χ0n) is 17.6. The molecule has 0 atom stereocenters. The number of carbonyl (C=O) groups excluding carboxylic acids is 2. The summed E-state index contributed by atoms with van der Waals surface area (Å²) in [5, 5.41) is 5.65. The smallest absolute Gasteiger partial charge is 0.337 e. The summed E-state index contributed by atoms with van der Waals surface area (Å²) < 4.78 is 23.5. The number of methoxy groups -OCH3 is 1. The Labute approximate surface area is 190 Å². The summed E-state index contributed by atoms with van der Waals surface area (Å²) in [6.45, 7) is 4.14. The van der Waals surface area contributed by atoms with Crippen LogP contribution in [0.5, 0.6) is 0 Å². The fourth-order valence-electron chi connectivity index (χ4n) is 3.00.